The predicted molar refractivity (Wildman–Crippen MR) is 115 cm³/mol. The van der Waals surface area contributed by atoms with Gasteiger partial charge in [0.15, 0.2) is 11.6 Å². The van der Waals surface area contributed by atoms with Gasteiger partial charge < -0.3 is 4.90 Å². The van der Waals surface area contributed by atoms with E-state index in [2.05, 4.69) is 25.1 Å². The number of benzene rings is 1. The van der Waals surface area contributed by atoms with Gasteiger partial charge in [0.1, 0.15) is 29.0 Å². The van der Waals surface area contributed by atoms with Gasteiger partial charge in [0.2, 0.25) is 5.95 Å². The Morgan fingerprint density at radius 3 is 2.60 bits per heavy atom. The van der Waals surface area contributed by atoms with Crippen molar-refractivity contribution in [1.29, 1.82) is 0 Å². The molecule has 5 rings (SSSR count). The van der Waals surface area contributed by atoms with E-state index in [0.717, 1.165) is 12.1 Å². The van der Waals surface area contributed by atoms with Gasteiger partial charge in [-0.1, -0.05) is 6.92 Å². The maximum atomic E-state index is 14.5. The van der Waals surface area contributed by atoms with Gasteiger partial charge in [-0.15, -0.1) is 10.2 Å². The molecule has 13 heteroatoms. The molecule has 0 N–H and O–H groups in total. The third-order valence-corrected chi connectivity index (χ3v) is 5.83. The number of anilines is 1. The highest BCUT2D eigenvalue weighted by atomic mass is 19.4. The van der Waals surface area contributed by atoms with E-state index in [9.17, 15) is 22.0 Å². The zero-order chi connectivity index (χ0) is 24.9. The third kappa shape index (κ3) is 4.00. The molecule has 0 amide bonds. The van der Waals surface area contributed by atoms with Crippen LogP contribution in [0.1, 0.15) is 37.5 Å². The van der Waals surface area contributed by atoms with Crippen molar-refractivity contribution in [2.24, 2.45) is 0 Å². The minimum Gasteiger partial charge on any atom is -0.344 e. The molecule has 1 aromatic carbocycles. The quantitative estimate of drug-likeness (QED) is 0.377. The van der Waals surface area contributed by atoms with Crippen LogP contribution in [0.4, 0.5) is 27.8 Å². The van der Waals surface area contributed by atoms with Gasteiger partial charge in [0, 0.05) is 25.0 Å². The zero-order valence-corrected chi connectivity index (χ0v) is 18.6. The van der Waals surface area contributed by atoms with Gasteiger partial charge in [-0.05, 0) is 25.5 Å². The van der Waals surface area contributed by atoms with Crippen LogP contribution in [0.2, 0.25) is 0 Å². The molecular formula is C22H19F5N8. The maximum absolute atomic E-state index is 14.5. The molecule has 182 valence electrons. The number of alkyl halides is 3. The van der Waals surface area contributed by atoms with E-state index >= 15 is 0 Å². The summed E-state index contributed by atoms with van der Waals surface area (Å²) in [4.78, 5) is 14.7. The van der Waals surface area contributed by atoms with Crippen LogP contribution in [0.3, 0.4) is 0 Å². The molecule has 0 saturated heterocycles. The van der Waals surface area contributed by atoms with Crippen molar-refractivity contribution in [3.05, 3.63) is 60.1 Å². The average Bonchev–Trinajstić information content (AvgIpc) is 3.43. The van der Waals surface area contributed by atoms with Crippen molar-refractivity contribution in [2.45, 2.75) is 38.9 Å². The molecular weight excluding hydrogens is 471 g/mol. The molecule has 1 unspecified atom stereocenters. The fourth-order valence-corrected chi connectivity index (χ4v) is 4.27. The minimum absolute atomic E-state index is 0.0232. The fraction of sp³-hybridized carbons (Fsp3) is 0.318. The summed E-state index contributed by atoms with van der Waals surface area (Å²) in [6, 6.07) is 2.60. The Hall–Kier alpha value is -3.90. The second-order valence-corrected chi connectivity index (χ2v) is 8.05. The highest BCUT2D eigenvalue weighted by Crippen LogP contribution is 2.40. The molecule has 0 bridgehead atoms. The van der Waals surface area contributed by atoms with E-state index in [4.69, 9.17) is 0 Å². The zero-order valence-electron chi connectivity index (χ0n) is 18.6. The van der Waals surface area contributed by atoms with Crippen LogP contribution >= 0.6 is 0 Å². The molecule has 8 nitrogen and oxygen atoms in total. The summed E-state index contributed by atoms with van der Waals surface area (Å²) in [7, 11) is 0. The summed E-state index contributed by atoms with van der Waals surface area (Å²) in [6.45, 7) is 3.23. The summed E-state index contributed by atoms with van der Waals surface area (Å²) >= 11 is 0. The fourth-order valence-electron chi connectivity index (χ4n) is 4.27. The molecule has 0 fully saturated rings. The van der Waals surface area contributed by atoms with E-state index in [1.165, 1.54) is 29.2 Å². The minimum atomic E-state index is -4.37. The van der Waals surface area contributed by atoms with Gasteiger partial charge in [-0.3, -0.25) is 9.13 Å². The highest BCUT2D eigenvalue weighted by Gasteiger charge is 2.37. The van der Waals surface area contributed by atoms with Crippen molar-refractivity contribution in [1.82, 2.24) is 34.3 Å². The molecule has 4 aromatic rings. The molecule has 4 heterocycles. The first-order chi connectivity index (χ1) is 16.7. The molecule has 0 radical (unpaired) electrons. The lowest BCUT2D eigenvalue weighted by molar-refractivity contribution is -0.132. The molecule has 35 heavy (non-hydrogen) atoms. The molecule has 0 saturated carbocycles. The topological polar surface area (TPSA) is 77.5 Å². The number of rotatable bonds is 5. The van der Waals surface area contributed by atoms with Gasteiger partial charge in [-0.2, -0.15) is 18.2 Å². The first-order valence-electron chi connectivity index (χ1n) is 10.8. The molecule has 1 aliphatic rings. The van der Waals surface area contributed by atoms with Crippen LogP contribution in [0.15, 0.2) is 36.8 Å². The Balaban J connectivity index is 1.65. The second kappa shape index (κ2) is 8.40. The average molecular weight is 490 g/mol. The molecule has 0 aliphatic carbocycles. The number of aromatic nitrogens is 7. The number of hydrogen-bond acceptors (Lipinski definition) is 6. The monoisotopic (exact) mass is 490 g/mol. The normalized spacial score (nSPS) is 15.3. The number of imidazole rings is 1. The summed E-state index contributed by atoms with van der Waals surface area (Å²) in [5.41, 5.74) is 0.461. The molecule has 3 aromatic heterocycles. The van der Waals surface area contributed by atoms with Crippen molar-refractivity contribution in [2.75, 3.05) is 11.4 Å². The van der Waals surface area contributed by atoms with Gasteiger partial charge in [0.25, 0.3) is 0 Å². The summed E-state index contributed by atoms with van der Waals surface area (Å²) in [5.74, 6) is -0.0514. The number of hydrogen-bond donors (Lipinski definition) is 0. The van der Waals surface area contributed by atoms with E-state index < -0.39 is 30.3 Å². The molecule has 1 aliphatic heterocycles. The number of nitrogens with zero attached hydrogens (tertiary/aromatic N) is 8. The Kier molecular flexibility index (Phi) is 5.49. The second-order valence-electron chi connectivity index (χ2n) is 8.05. The van der Waals surface area contributed by atoms with E-state index in [1.807, 2.05) is 6.92 Å². The Labute approximate surface area is 196 Å². The lowest BCUT2D eigenvalue weighted by Gasteiger charge is -2.37. The summed E-state index contributed by atoms with van der Waals surface area (Å²) in [5, 5.41) is 8.29. The van der Waals surface area contributed by atoms with Crippen LogP contribution in [-0.2, 0) is 0 Å². The van der Waals surface area contributed by atoms with E-state index in [0.29, 0.717) is 23.8 Å². The van der Waals surface area contributed by atoms with Crippen LogP contribution in [0, 0.1) is 18.6 Å². The van der Waals surface area contributed by atoms with Gasteiger partial charge in [-0.25, -0.2) is 18.7 Å². The number of fused-ring (bicyclic) bond motifs is 3. The lowest BCUT2D eigenvalue weighted by atomic mass is 10.1. The Morgan fingerprint density at radius 2 is 1.89 bits per heavy atom. The van der Waals surface area contributed by atoms with Gasteiger partial charge in [0.05, 0.1) is 24.2 Å². The van der Waals surface area contributed by atoms with Crippen LogP contribution < -0.4 is 4.90 Å². The van der Waals surface area contributed by atoms with Crippen LogP contribution in [-0.4, -0.2) is 47.0 Å². The highest BCUT2D eigenvalue weighted by molar-refractivity contribution is 5.64. The van der Waals surface area contributed by atoms with E-state index in [-0.39, 0.29) is 29.7 Å². The smallest absolute Gasteiger partial charge is 0.344 e. The first-order valence-corrected chi connectivity index (χ1v) is 10.8. The van der Waals surface area contributed by atoms with E-state index in [1.54, 1.807) is 16.4 Å². The summed E-state index contributed by atoms with van der Waals surface area (Å²) < 4.78 is 70.5. The predicted octanol–water partition coefficient (Wildman–Crippen LogP) is 4.72. The Morgan fingerprint density at radius 1 is 1.09 bits per heavy atom. The van der Waals surface area contributed by atoms with Crippen molar-refractivity contribution >= 4 is 5.82 Å². The Bertz CT molecular complexity index is 1390. The SMILES string of the molecule is CCC1c2nnc(C)n2-c2cnc(-n3ccnc3-c3ccc(F)cc3F)nc2N1CCC(F)(F)F. The largest absolute Gasteiger partial charge is 0.390 e. The standard InChI is InChI=1S/C22H19F5N8/c1-3-16-20-32-31-12(2)35(20)17-11-29-21(30-19(17)33(16)8-6-22(25,26)27)34-9-7-28-18(34)14-5-4-13(23)10-15(14)24/h4-5,7,9-11,16H,3,6,8H2,1-2H3. The van der Waals surface area contributed by atoms with Crippen LogP contribution in [0.25, 0.3) is 23.0 Å². The van der Waals surface area contributed by atoms with Crippen molar-refractivity contribution < 1.29 is 22.0 Å². The maximum Gasteiger partial charge on any atom is 0.390 e. The molecule has 1 atom stereocenters. The number of halogens is 5. The first kappa shape index (κ1) is 22.9. The third-order valence-electron chi connectivity index (χ3n) is 5.83. The number of aryl methyl sites for hydroxylation is 1. The van der Waals surface area contributed by atoms with Crippen LogP contribution in [0.5, 0.6) is 0 Å². The molecule has 0 spiro atoms. The lowest BCUT2D eigenvalue weighted by Crippen LogP contribution is -2.38. The van der Waals surface area contributed by atoms with Gasteiger partial charge >= 0.3 is 6.18 Å². The van der Waals surface area contributed by atoms with Crippen molar-refractivity contribution in [3.63, 3.8) is 0 Å². The summed E-state index contributed by atoms with van der Waals surface area (Å²) in [6.07, 6.45) is -0.588. The van der Waals surface area contributed by atoms with Crippen molar-refractivity contribution in [3.8, 4) is 23.0 Å².